The Balaban J connectivity index is 2.01. The van der Waals surface area contributed by atoms with Crippen LogP contribution < -0.4 is 5.32 Å². The molecular formula is C12H13BrN4O2. The van der Waals surface area contributed by atoms with Gasteiger partial charge in [-0.1, -0.05) is 0 Å². The lowest BCUT2D eigenvalue weighted by Crippen LogP contribution is -2.14. The first-order valence-electron chi connectivity index (χ1n) is 5.68. The lowest BCUT2D eigenvalue weighted by Gasteiger charge is -2.08. The Labute approximate surface area is 118 Å². The molecule has 6 nitrogen and oxygen atoms in total. The van der Waals surface area contributed by atoms with E-state index in [9.17, 15) is 4.79 Å². The van der Waals surface area contributed by atoms with E-state index in [-0.39, 0.29) is 5.56 Å². The Morgan fingerprint density at radius 2 is 2.32 bits per heavy atom. The molecule has 0 unspecified atom stereocenters. The molecule has 0 aliphatic rings. The zero-order valence-corrected chi connectivity index (χ0v) is 11.9. The molecule has 0 fully saturated rings. The average Bonchev–Trinajstić information content (AvgIpc) is 2.77. The zero-order valence-electron chi connectivity index (χ0n) is 10.3. The summed E-state index contributed by atoms with van der Waals surface area (Å²) in [5.41, 5.74) is 1.24. The van der Waals surface area contributed by atoms with Crippen molar-refractivity contribution in [2.24, 2.45) is 0 Å². The lowest BCUT2D eigenvalue weighted by molar-refractivity contribution is 0.0697. The van der Waals surface area contributed by atoms with Crippen LogP contribution in [-0.4, -0.2) is 32.4 Å². The molecule has 2 aromatic heterocycles. The van der Waals surface area contributed by atoms with Gasteiger partial charge in [0.25, 0.3) is 0 Å². The largest absolute Gasteiger partial charge is 0.478 e. The summed E-state index contributed by atoms with van der Waals surface area (Å²) in [6.45, 7) is 3.16. The minimum Gasteiger partial charge on any atom is -0.478 e. The lowest BCUT2D eigenvalue weighted by atomic mass is 10.2. The van der Waals surface area contributed by atoms with Crippen molar-refractivity contribution in [3.05, 3.63) is 40.3 Å². The average molecular weight is 325 g/mol. The van der Waals surface area contributed by atoms with E-state index in [1.54, 1.807) is 17.1 Å². The summed E-state index contributed by atoms with van der Waals surface area (Å²) >= 11 is 3.20. The predicted octanol–water partition coefficient (Wildman–Crippen LogP) is 2.16. The normalized spacial score (nSPS) is 10.4. The molecule has 0 radical (unpaired) electrons. The summed E-state index contributed by atoms with van der Waals surface area (Å²) in [4.78, 5) is 15.2. The maximum absolute atomic E-state index is 11.1. The quantitative estimate of drug-likeness (QED) is 0.881. The minimum absolute atomic E-state index is 0.144. The number of rotatable bonds is 5. The van der Waals surface area contributed by atoms with Crippen LogP contribution in [0.3, 0.4) is 0 Å². The van der Waals surface area contributed by atoms with Gasteiger partial charge in [-0.25, -0.2) is 9.78 Å². The molecule has 0 aromatic carbocycles. The summed E-state index contributed by atoms with van der Waals surface area (Å²) in [6, 6.07) is 1.52. The molecule has 100 valence electrons. The molecule has 2 rings (SSSR count). The van der Waals surface area contributed by atoms with Crippen molar-refractivity contribution in [1.82, 2.24) is 14.8 Å². The number of carbonyl (C=O) groups is 1. The van der Waals surface area contributed by atoms with Crippen LogP contribution in [0.2, 0.25) is 0 Å². The van der Waals surface area contributed by atoms with Crippen LogP contribution in [0.25, 0.3) is 0 Å². The third-order valence-corrected chi connectivity index (χ3v) is 2.91. The minimum atomic E-state index is -1.01. The van der Waals surface area contributed by atoms with Crippen molar-refractivity contribution >= 4 is 27.7 Å². The van der Waals surface area contributed by atoms with Gasteiger partial charge in [-0.15, -0.1) is 0 Å². The fourth-order valence-corrected chi connectivity index (χ4v) is 1.95. The van der Waals surface area contributed by atoms with E-state index in [0.29, 0.717) is 23.4 Å². The zero-order chi connectivity index (χ0) is 13.8. The number of nitrogens with zero attached hydrogens (tertiary/aromatic N) is 3. The summed E-state index contributed by atoms with van der Waals surface area (Å²) < 4.78 is 2.43. The van der Waals surface area contributed by atoms with Gasteiger partial charge in [0, 0.05) is 23.4 Å². The third kappa shape index (κ3) is 3.54. The van der Waals surface area contributed by atoms with Gasteiger partial charge < -0.3 is 10.4 Å². The highest BCUT2D eigenvalue weighted by molar-refractivity contribution is 9.10. The van der Waals surface area contributed by atoms with Crippen molar-refractivity contribution in [1.29, 1.82) is 0 Å². The third-order valence-electron chi connectivity index (χ3n) is 2.48. The number of hydrogen-bond donors (Lipinski definition) is 2. The molecule has 0 saturated heterocycles. The van der Waals surface area contributed by atoms with Gasteiger partial charge in [0.05, 0.1) is 12.7 Å². The van der Waals surface area contributed by atoms with E-state index in [1.807, 2.05) is 13.1 Å². The molecule has 0 atom stereocenters. The molecule has 0 bridgehead atoms. The Bertz CT molecular complexity index is 597. The molecule has 7 heteroatoms. The number of anilines is 1. The standard InChI is InChI=1S/C12H13BrN4O2/c1-8-5-16-17(7-8)3-2-14-11-10(12(18)19)4-9(13)6-15-11/h4-7H,2-3H2,1H3,(H,14,15)(H,18,19). The summed E-state index contributed by atoms with van der Waals surface area (Å²) in [7, 11) is 0. The molecule has 2 heterocycles. The van der Waals surface area contributed by atoms with Crippen LogP contribution in [-0.2, 0) is 6.54 Å². The van der Waals surface area contributed by atoms with E-state index >= 15 is 0 Å². The van der Waals surface area contributed by atoms with E-state index < -0.39 is 5.97 Å². The van der Waals surface area contributed by atoms with Crippen molar-refractivity contribution in [3.63, 3.8) is 0 Å². The van der Waals surface area contributed by atoms with Crippen LogP contribution in [0, 0.1) is 6.92 Å². The fourth-order valence-electron chi connectivity index (χ4n) is 1.62. The van der Waals surface area contributed by atoms with Crippen LogP contribution in [0.15, 0.2) is 29.1 Å². The maximum Gasteiger partial charge on any atom is 0.339 e. The maximum atomic E-state index is 11.1. The van der Waals surface area contributed by atoms with Crippen LogP contribution in [0.5, 0.6) is 0 Å². The van der Waals surface area contributed by atoms with Crippen molar-refractivity contribution in [3.8, 4) is 0 Å². The van der Waals surface area contributed by atoms with Gasteiger partial charge in [-0.3, -0.25) is 4.68 Å². The second-order valence-electron chi connectivity index (χ2n) is 4.06. The second kappa shape index (κ2) is 5.83. The van der Waals surface area contributed by atoms with Crippen LogP contribution in [0.1, 0.15) is 15.9 Å². The number of nitrogens with one attached hydrogen (secondary N) is 1. The number of aromatic nitrogens is 3. The molecule has 0 saturated carbocycles. The summed E-state index contributed by atoms with van der Waals surface area (Å²) in [5, 5.41) is 16.2. The highest BCUT2D eigenvalue weighted by Crippen LogP contribution is 2.17. The van der Waals surface area contributed by atoms with Crippen molar-refractivity contribution < 1.29 is 9.90 Å². The van der Waals surface area contributed by atoms with Gasteiger partial charge in [0.1, 0.15) is 11.4 Å². The van der Waals surface area contributed by atoms with E-state index in [1.165, 1.54) is 6.07 Å². The molecule has 0 spiro atoms. The molecule has 19 heavy (non-hydrogen) atoms. The molecule has 0 amide bonds. The van der Waals surface area contributed by atoms with Gasteiger partial charge in [0.2, 0.25) is 0 Å². The van der Waals surface area contributed by atoms with Crippen LogP contribution in [0.4, 0.5) is 5.82 Å². The number of aromatic carboxylic acids is 1. The number of carboxylic acids is 1. The first kappa shape index (κ1) is 13.5. The molecule has 2 aromatic rings. The van der Waals surface area contributed by atoms with Gasteiger partial charge in [-0.05, 0) is 34.5 Å². The molecule has 0 aliphatic heterocycles. The summed E-state index contributed by atoms with van der Waals surface area (Å²) in [6.07, 6.45) is 5.27. The first-order chi connectivity index (χ1) is 9.06. The fraction of sp³-hybridized carbons (Fsp3) is 0.250. The van der Waals surface area contributed by atoms with Crippen molar-refractivity contribution in [2.75, 3.05) is 11.9 Å². The van der Waals surface area contributed by atoms with E-state index in [0.717, 1.165) is 5.56 Å². The Morgan fingerprint density at radius 3 is 2.95 bits per heavy atom. The Hall–Kier alpha value is -1.89. The van der Waals surface area contributed by atoms with Gasteiger partial charge >= 0.3 is 5.97 Å². The Kier molecular flexibility index (Phi) is 4.16. The number of halogens is 1. The number of hydrogen-bond acceptors (Lipinski definition) is 4. The monoisotopic (exact) mass is 324 g/mol. The number of pyridine rings is 1. The number of carboxylic acid groups (broad SMARTS) is 1. The Morgan fingerprint density at radius 1 is 1.53 bits per heavy atom. The smallest absolute Gasteiger partial charge is 0.339 e. The SMILES string of the molecule is Cc1cnn(CCNc2ncc(Br)cc2C(=O)O)c1. The number of aryl methyl sites for hydroxylation is 1. The molecular weight excluding hydrogens is 312 g/mol. The van der Waals surface area contributed by atoms with E-state index in [4.69, 9.17) is 5.11 Å². The predicted molar refractivity (Wildman–Crippen MR) is 74.4 cm³/mol. The molecule has 0 aliphatic carbocycles. The van der Waals surface area contributed by atoms with Crippen LogP contribution >= 0.6 is 15.9 Å². The molecule has 2 N–H and O–H groups in total. The van der Waals surface area contributed by atoms with Gasteiger partial charge in [0.15, 0.2) is 0 Å². The van der Waals surface area contributed by atoms with Crippen molar-refractivity contribution in [2.45, 2.75) is 13.5 Å². The van der Waals surface area contributed by atoms with Gasteiger partial charge in [-0.2, -0.15) is 5.10 Å². The highest BCUT2D eigenvalue weighted by atomic mass is 79.9. The first-order valence-corrected chi connectivity index (χ1v) is 6.47. The summed E-state index contributed by atoms with van der Waals surface area (Å²) in [5.74, 6) is -0.647. The second-order valence-corrected chi connectivity index (χ2v) is 4.98. The van der Waals surface area contributed by atoms with E-state index in [2.05, 4.69) is 31.3 Å². The highest BCUT2D eigenvalue weighted by Gasteiger charge is 2.11. The topological polar surface area (TPSA) is 80.0 Å².